The zero-order valence-corrected chi connectivity index (χ0v) is 12.6. The van der Waals surface area contributed by atoms with Gasteiger partial charge in [0.05, 0.1) is 29.8 Å². The third kappa shape index (κ3) is 2.62. The molecule has 2 heterocycles. The lowest BCUT2D eigenvalue weighted by atomic mass is 10.1. The molecule has 2 aromatic rings. The molecular weight excluding hydrogens is 264 g/mol. The normalized spacial score (nSPS) is 18.3. The molecule has 1 aromatic carbocycles. The second kappa shape index (κ2) is 6.19. The van der Waals surface area contributed by atoms with Crippen LogP contribution in [-0.2, 0) is 4.74 Å². The Balaban J connectivity index is 2.06. The first kappa shape index (κ1) is 14.0. The number of aromatic nitrogens is 2. The summed E-state index contributed by atoms with van der Waals surface area (Å²) in [5, 5.41) is 5.51. The second-order valence-electron chi connectivity index (χ2n) is 5.14. The van der Waals surface area contributed by atoms with Gasteiger partial charge in [-0.2, -0.15) is 5.10 Å². The maximum absolute atomic E-state index is 5.83. The summed E-state index contributed by atoms with van der Waals surface area (Å²) in [6, 6.07) is 4.06. The zero-order valence-electron chi connectivity index (χ0n) is 12.6. The summed E-state index contributed by atoms with van der Waals surface area (Å²) < 4.78 is 13.4. The van der Waals surface area contributed by atoms with E-state index in [1.54, 1.807) is 7.11 Å². The van der Waals surface area contributed by atoms with Crippen molar-refractivity contribution in [1.82, 2.24) is 9.78 Å². The topological polar surface area (TPSA) is 36.3 Å². The van der Waals surface area contributed by atoms with Gasteiger partial charge in [-0.15, -0.1) is 0 Å². The van der Waals surface area contributed by atoms with Crippen molar-refractivity contribution in [2.75, 3.05) is 13.7 Å². The Morgan fingerprint density at radius 2 is 2.33 bits per heavy atom. The molecule has 0 N–H and O–H groups in total. The lowest BCUT2D eigenvalue weighted by Crippen LogP contribution is -2.18. The SMILES string of the molecule is CCC#Cc1ccc2c(cnn2C2CCCCO2)c1OC. The lowest BCUT2D eigenvalue weighted by molar-refractivity contribution is -0.0366. The third-order valence-corrected chi connectivity index (χ3v) is 3.76. The molecule has 0 amide bonds. The number of benzene rings is 1. The van der Waals surface area contributed by atoms with Crippen LogP contribution in [-0.4, -0.2) is 23.5 Å². The van der Waals surface area contributed by atoms with Gasteiger partial charge in [0.2, 0.25) is 0 Å². The van der Waals surface area contributed by atoms with E-state index in [-0.39, 0.29) is 6.23 Å². The van der Waals surface area contributed by atoms with Gasteiger partial charge in [0, 0.05) is 13.0 Å². The molecule has 0 spiro atoms. The summed E-state index contributed by atoms with van der Waals surface area (Å²) in [7, 11) is 1.68. The number of nitrogens with zero attached hydrogens (tertiary/aromatic N) is 2. The van der Waals surface area contributed by atoms with E-state index < -0.39 is 0 Å². The average molecular weight is 284 g/mol. The highest BCUT2D eigenvalue weighted by atomic mass is 16.5. The second-order valence-corrected chi connectivity index (χ2v) is 5.14. The number of fused-ring (bicyclic) bond motifs is 1. The largest absolute Gasteiger partial charge is 0.495 e. The Kier molecular flexibility index (Phi) is 4.12. The number of hydrogen-bond donors (Lipinski definition) is 0. The molecule has 0 bridgehead atoms. The summed E-state index contributed by atoms with van der Waals surface area (Å²) in [6.07, 6.45) is 6.04. The van der Waals surface area contributed by atoms with E-state index >= 15 is 0 Å². The molecule has 0 aliphatic carbocycles. The van der Waals surface area contributed by atoms with Gasteiger partial charge in [-0.3, -0.25) is 0 Å². The van der Waals surface area contributed by atoms with Crippen LogP contribution in [0.2, 0.25) is 0 Å². The smallest absolute Gasteiger partial charge is 0.150 e. The van der Waals surface area contributed by atoms with Gasteiger partial charge in [-0.25, -0.2) is 4.68 Å². The molecule has 1 aromatic heterocycles. The van der Waals surface area contributed by atoms with Crippen molar-refractivity contribution in [3.63, 3.8) is 0 Å². The third-order valence-electron chi connectivity index (χ3n) is 3.76. The zero-order chi connectivity index (χ0) is 14.7. The molecule has 1 atom stereocenters. The molecule has 1 aliphatic heterocycles. The van der Waals surface area contributed by atoms with Crippen molar-refractivity contribution >= 4 is 10.9 Å². The van der Waals surface area contributed by atoms with Crippen molar-refractivity contribution < 1.29 is 9.47 Å². The highest BCUT2D eigenvalue weighted by Crippen LogP contribution is 2.32. The van der Waals surface area contributed by atoms with Crippen LogP contribution in [0.1, 0.15) is 44.4 Å². The Bertz CT molecular complexity index is 688. The first-order chi connectivity index (χ1) is 10.3. The Morgan fingerprint density at radius 3 is 3.05 bits per heavy atom. The monoisotopic (exact) mass is 284 g/mol. The van der Waals surface area contributed by atoms with E-state index in [0.717, 1.165) is 48.1 Å². The molecule has 4 heteroatoms. The number of rotatable bonds is 2. The minimum Gasteiger partial charge on any atom is -0.495 e. The predicted molar refractivity (Wildman–Crippen MR) is 82.3 cm³/mol. The van der Waals surface area contributed by atoms with E-state index in [4.69, 9.17) is 9.47 Å². The Hall–Kier alpha value is -1.99. The summed E-state index contributed by atoms with van der Waals surface area (Å²) >= 11 is 0. The molecular formula is C17H20N2O2. The van der Waals surface area contributed by atoms with Crippen LogP contribution >= 0.6 is 0 Å². The maximum atomic E-state index is 5.83. The number of hydrogen-bond acceptors (Lipinski definition) is 3. The quantitative estimate of drug-likeness (QED) is 0.792. The van der Waals surface area contributed by atoms with Gasteiger partial charge in [-0.05, 0) is 31.4 Å². The summed E-state index contributed by atoms with van der Waals surface area (Å²) in [5.74, 6) is 7.05. The van der Waals surface area contributed by atoms with Crippen LogP contribution < -0.4 is 4.74 Å². The Labute approximate surface area is 125 Å². The van der Waals surface area contributed by atoms with Crippen molar-refractivity contribution in [2.24, 2.45) is 0 Å². The highest BCUT2D eigenvalue weighted by Gasteiger charge is 2.20. The molecule has 110 valence electrons. The summed E-state index contributed by atoms with van der Waals surface area (Å²) in [6.45, 7) is 2.85. The van der Waals surface area contributed by atoms with Gasteiger partial charge < -0.3 is 9.47 Å². The molecule has 1 fully saturated rings. The fraction of sp³-hybridized carbons (Fsp3) is 0.471. The fourth-order valence-corrected chi connectivity index (χ4v) is 2.74. The first-order valence-corrected chi connectivity index (χ1v) is 7.50. The Morgan fingerprint density at radius 1 is 1.43 bits per heavy atom. The van der Waals surface area contributed by atoms with Crippen LogP contribution in [0.5, 0.6) is 5.75 Å². The van der Waals surface area contributed by atoms with Gasteiger partial charge in [0.15, 0.2) is 6.23 Å². The highest BCUT2D eigenvalue weighted by molar-refractivity contribution is 5.88. The molecule has 1 unspecified atom stereocenters. The average Bonchev–Trinajstić information content (AvgIpc) is 2.97. The van der Waals surface area contributed by atoms with Crippen LogP contribution in [0, 0.1) is 11.8 Å². The summed E-state index contributed by atoms with van der Waals surface area (Å²) in [5.41, 5.74) is 1.96. The first-order valence-electron chi connectivity index (χ1n) is 7.50. The molecule has 4 nitrogen and oxygen atoms in total. The van der Waals surface area contributed by atoms with E-state index in [1.165, 1.54) is 6.42 Å². The van der Waals surface area contributed by atoms with Gasteiger partial charge in [0.25, 0.3) is 0 Å². The van der Waals surface area contributed by atoms with Crippen molar-refractivity contribution in [3.05, 3.63) is 23.9 Å². The molecule has 0 saturated carbocycles. The van der Waals surface area contributed by atoms with Crippen LogP contribution in [0.3, 0.4) is 0 Å². The standard InChI is InChI=1S/C17H20N2O2/c1-3-4-7-13-9-10-15-14(17(13)20-2)12-18-19(15)16-8-5-6-11-21-16/h9-10,12,16H,3,5-6,8,11H2,1-2H3. The fourth-order valence-electron chi connectivity index (χ4n) is 2.74. The predicted octanol–water partition coefficient (Wildman–Crippen LogP) is 3.51. The van der Waals surface area contributed by atoms with Crippen LogP contribution in [0.25, 0.3) is 10.9 Å². The van der Waals surface area contributed by atoms with Crippen molar-refractivity contribution in [1.29, 1.82) is 0 Å². The number of ether oxygens (including phenoxy) is 2. The van der Waals surface area contributed by atoms with Crippen molar-refractivity contribution in [2.45, 2.75) is 38.8 Å². The lowest BCUT2D eigenvalue weighted by Gasteiger charge is -2.23. The van der Waals surface area contributed by atoms with Crippen molar-refractivity contribution in [3.8, 4) is 17.6 Å². The van der Waals surface area contributed by atoms with E-state index in [1.807, 2.05) is 23.9 Å². The minimum atomic E-state index is 0.0357. The minimum absolute atomic E-state index is 0.0357. The van der Waals surface area contributed by atoms with Crippen LogP contribution in [0.15, 0.2) is 18.3 Å². The van der Waals surface area contributed by atoms with E-state index in [9.17, 15) is 0 Å². The van der Waals surface area contributed by atoms with E-state index in [2.05, 4.69) is 23.0 Å². The van der Waals surface area contributed by atoms with E-state index in [0.29, 0.717) is 0 Å². The maximum Gasteiger partial charge on any atom is 0.150 e. The molecule has 1 aliphatic rings. The molecule has 1 saturated heterocycles. The summed E-state index contributed by atoms with van der Waals surface area (Å²) in [4.78, 5) is 0. The van der Waals surface area contributed by atoms with Gasteiger partial charge in [-0.1, -0.05) is 18.8 Å². The molecule has 21 heavy (non-hydrogen) atoms. The van der Waals surface area contributed by atoms with Gasteiger partial charge in [0.1, 0.15) is 5.75 Å². The molecule has 0 radical (unpaired) electrons. The molecule has 3 rings (SSSR count). The van der Waals surface area contributed by atoms with Gasteiger partial charge >= 0.3 is 0 Å². The van der Waals surface area contributed by atoms with Crippen LogP contribution in [0.4, 0.5) is 0 Å². The number of methoxy groups -OCH3 is 1.